The number of aromatic amines is 1. The number of alkyl halides is 4. The maximum Gasteiger partial charge on any atom is 0.401 e. The van der Waals surface area contributed by atoms with Crippen molar-refractivity contribution in [2.24, 2.45) is 0 Å². The van der Waals surface area contributed by atoms with Crippen LogP contribution < -0.4 is 5.32 Å². The number of rotatable bonds is 7. The number of halogens is 6. The molecule has 2 aliphatic heterocycles. The van der Waals surface area contributed by atoms with Crippen LogP contribution in [-0.4, -0.2) is 70.9 Å². The van der Waals surface area contributed by atoms with Gasteiger partial charge in [0.05, 0.1) is 35.0 Å². The third-order valence-electron chi connectivity index (χ3n) is 6.91. The molecule has 0 radical (unpaired) electrons. The van der Waals surface area contributed by atoms with Gasteiger partial charge in [0.15, 0.2) is 0 Å². The van der Waals surface area contributed by atoms with Crippen LogP contribution in [0.4, 0.5) is 32.0 Å². The first-order valence-electron chi connectivity index (χ1n) is 11.9. The minimum atomic E-state index is -4.55. The minimum Gasteiger partial charge on any atom is -0.380 e. The molecule has 2 unspecified atom stereocenters. The Balaban J connectivity index is 1.49. The summed E-state index contributed by atoms with van der Waals surface area (Å²) in [5.41, 5.74) is 1.44. The maximum absolute atomic E-state index is 15.5. The first-order chi connectivity index (χ1) is 17.0. The molecule has 0 saturated carbocycles. The molecule has 1 saturated heterocycles. The van der Waals surface area contributed by atoms with E-state index in [2.05, 4.69) is 15.3 Å². The second kappa shape index (κ2) is 9.53. The topological polar surface area (TPSA) is 47.2 Å². The average molecular weight is 532 g/mol. The van der Waals surface area contributed by atoms with Gasteiger partial charge in [-0.25, -0.2) is 13.8 Å². The van der Waals surface area contributed by atoms with Crippen LogP contribution in [0.3, 0.4) is 0 Å². The molecule has 3 aromatic rings. The highest BCUT2D eigenvalue weighted by molar-refractivity contribution is 7.18. The van der Waals surface area contributed by atoms with Crippen LogP contribution in [0, 0.1) is 18.6 Å². The van der Waals surface area contributed by atoms with E-state index >= 15 is 8.78 Å². The van der Waals surface area contributed by atoms with Crippen LogP contribution >= 0.6 is 11.3 Å². The fraction of sp³-hybridized carbons (Fsp3) is 0.542. The third-order valence-corrected chi connectivity index (χ3v) is 7.94. The summed E-state index contributed by atoms with van der Waals surface area (Å²) in [7, 11) is 0. The van der Waals surface area contributed by atoms with E-state index in [-0.39, 0.29) is 11.7 Å². The van der Waals surface area contributed by atoms with Crippen LogP contribution in [0.2, 0.25) is 0 Å². The minimum absolute atomic E-state index is 0.0400. The predicted octanol–water partition coefficient (Wildman–Crippen LogP) is 5.57. The van der Waals surface area contributed by atoms with E-state index in [1.165, 1.54) is 11.3 Å². The number of aryl methyl sites for hydroxylation is 1. The zero-order chi connectivity index (χ0) is 25.8. The summed E-state index contributed by atoms with van der Waals surface area (Å²) in [5, 5.41) is 3.87. The van der Waals surface area contributed by atoms with Crippen molar-refractivity contribution in [3.8, 4) is 0 Å². The number of hydrogen-bond donors (Lipinski definition) is 2. The molecule has 36 heavy (non-hydrogen) atoms. The molecule has 2 atom stereocenters. The van der Waals surface area contributed by atoms with Crippen LogP contribution in [0.25, 0.3) is 10.3 Å². The van der Waals surface area contributed by atoms with Gasteiger partial charge in [-0.3, -0.25) is 14.2 Å². The van der Waals surface area contributed by atoms with Gasteiger partial charge < -0.3 is 10.3 Å². The zero-order valence-electron chi connectivity index (χ0n) is 19.9. The number of likely N-dealkylation sites (tertiary alicyclic amines) is 1. The van der Waals surface area contributed by atoms with Gasteiger partial charge in [0.1, 0.15) is 17.3 Å². The summed E-state index contributed by atoms with van der Waals surface area (Å²) in [5.74, 6) is -1.82. The Morgan fingerprint density at radius 1 is 1.19 bits per heavy atom. The number of thiazole rings is 1. The van der Waals surface area contributed by atoms with Crippen molar-refractivity contribution >= 4 is 27.4 Å². The quantitative estimate of drug-likeness (QED) is 0.392. The summed E-state index contributed by atoms with van der Waals surface area (Å²) in [6.07, 6.45) is -3.80. The Morgan fingerprint density at radius 3 is 2.53 bits per heavy atom. The van der Waals surface area contributed by atoms with E-state index < -0.39 is 48.7 Å². The molecular formula is C24H27F6N5S. The molecule has 0 spiro atoms. The van der Waals surface area contributed by atoms with E-state index in [0.717, 1.165) is 32.3 Å². The number of benzene rings is 1. The molecule has 0 bridgehead atoms. The Bertz CT molecular complexity index is 1220. The highest BCUT2D eigenvalue weighted by Gasteiger charge is 2.44. The van der Waals surface area contributed by atoms with Crippen LogP contribution in [0.1, 0.15) is 41.2 Å². The first-order valence-corrected chi connectivity index (χ1v) is 12.7. The molecule has 12 heteroatoms. The van der Waals surface area contributed by atoms with Gasteiger partial charge in [0.25, 0.3) is 0 Å². The number of anilines is 1. The van der Waals surface area contributed by atoms with Crippen molar-refractivity contribution in [1.29, 1.82) is 0 Å². The molecule has 0 aliphatic carbocycles. The predicted molar refractivity (Wildman–Crippen MR) is 127 cm³/mol. The maximum atomic E-state index is 15.5. The molecular weight excluding hydrogens is 504 g/mol. The second-order valence-electron chi connectivity index (χ2n) is 9.67. The lowest BCUT2D eigenvalue weighted by molar-refractivity contribution is -0.155. The third kappa shape index (κ3) is 4.82. The summed E-state index contributed by atoms with van der Waals surface area (Å²) < 4.78 is 84.8. The van der Waals surface area contributed by atoms with Crippen molar-refractivity contribution in [1.82, 2.24) is 19.8 Å². The van der Waals surface area contributed by atoms with Crippen LogP contribution in [0.15, 0.2) is 12.1 Å². The van der Waals surface area contributed by atoms with Gasteiger partial charge in [-0.15, -0.1) is 11.3 Å². The lowest BCUT2D eigenvalue weighted by atomic mass is 9.89. The largest absolute Gasteiger partial charge is 0.401 e. The lowest BCUT2D eigenvalue weighted by Gasteiger charge is -2.41. The van der Waals surface area contributed by atoms with Gasteiger partial charge in [0, 0.05) is 42.6 Å². The molecule has 2 aliphatic rings. The normalized spacial score (nSPS) is 21.7. The van der Waals surface area contributed by atoms with Crippen molar-refractivity contribution in [3.63, 3.8) is 0 Å². The fourth-order valence-electron chi connectivity index (χ4n) is 5.37. The number of nitrogens with zero attached hydrogens (tertiary/aromatic N) is 3. The van der Waals surface area contributed by atoms with E-state index in [9.17, 15) is 17.6 Å². The lowest BCUT2D eigenvalue weighted by Crippen LogP contribution is -2.54. The fourth-order valence-corrected chi connectivity index (χ4v) is 6.31. The van der Waals surface area contributed by atoms with Gasteiger partial charge in [-0.05, 0) is 44.4 Å². The molecule has 5 rings (SSSR count). The van der Waals surface area contributed by atoms with Gasteiger partial charge in [-0.1, -0.05) is 0 Å². The molecule has 1 fully saturated rings. The van der Waals surface area contributed by atoms with Crippen molar-refractivity contribution in [3.05, 3.63) is 45.6 Å². The van der Waals surface area contributed by atoms with Crippen molar-refractivity contribution in [2.75, 3.05) is 38.2 Å². The highest BCUT2D eigenvalue weighted by atomic mass is 32.1. The van der Waals surface area contributed by atoms with E-state index in [4.69, 9.17) is 0 Å². The zero-order valence-corrected chi connectivity index (χ0v) is 20.7. The van der Waals surface area contributed by atoms with Gasteiger partial charge in [-0.2, -0.15) is 13.2 Å². The number of H-pyrrole nitrogens is 1. The number of fused-ring (bicyclic) bond motifs is 3. The highest BCUT2D eigenvalue weighted by Crippen LogP contribution is 2.45. The Hall–Kier alpha value is -2.31. The van der Waals surface area contributed by atoms with Crippen molar-refractivity contribution < 1.29 is 26.3 Å². The number of hydrogen-bond acceptors (Lipinski definition) is 5. The Labute approximate surface area is 208 Å². The molecule has 1 aromatic carbocycles. The monoisotopic (exact) mass is 531 g/mol. The van der Waals surface area contributed by atoms with Gasteiger partial charge in [0.2, 0.25) is 0 Å². The first kappa shape index (κ1) is 25.3. The average Bonchev–Trinajstić information content (AvgIpc) is 3.26. The number of aromatic nitrogens is 2. The summed E-state index contributed by atoms with van der Waals surface area (Å²) in [6, 6.07) is 0.359. The smallest absolute Gasteiger partial charge is 0.380 e. The molecule has 0 amide bonds. The van der Waals surface area contributed by atoms with E-state index in [1.54, 1.807) is 6.92 Å². The molecule has 4 heterocycles. The standard InChI is InChI=1S/C24H27F6N5S/c1-12-6-16-20(33-23-22(16)36-13(2)31-23)21(35(12)11-24(28,29)30)19-17(26)7-14(8-18(19)27)32-15-9-34(10-15)5-3-4-25/h7-8,12,15,21,32-33H,3-6,9-11H2,1-2H3. The van der Waals surface area contributed by atoms with Crippen molar-refractivity contribution in [2.45, 2.75) is 51.0 Å². The SMILES string of the molecule is Cc1nc2[nH]c3c(c2s1)CC(C)N(CC(F)(F)F)C3c1c(F)cc(NC2CN(CCCF)C2)cc1F. The molecule has 196 valence electrons. The van der Waals surface area contributed by atoms with Gasteiger partial charge >= 0.3 is 6.18 Å². The summed E-state index contributed by atoms with van der Waals surface area (Å²) in [6.45, 7) is 3.65. The molecule has 5 nitrogen and oxygen atoms in total. The second-order valence-corrected chi connectivity index (χ2v) is 10.9. The molecule has 2 aromatic heterocycles. The Morgan fingerprint density at radius 2 is 1.89 bits per heavy atom. The summed E-state index contributed by atoms with van der Waals surface area (Å²) >= 11 is 1.41. The Kier molecular flexibility index (Phi) is 6.71. The van der Waals surface area contributed by atoms with E-state index in [1.807, 2.05) is 11.8 Å². The van der Waals surface area contributed by atoms with E-state index in [0.29, 0.717) is 43.8 Å². The summed E-state index contributed by atoms with van der Waals surface area (Å²) in [4.78, 5) is 10.6. The van der Waals surface area contributed by atoms with Crippen LogP contribution in [-0.2, 0) is 6.42 Å². The number of nitrogens with one attached hydrogen (secondary N) is 2. The molecule has 2 N–H and O–H groups in total. The van der Waals surface area contributed by atoms with Crippen LogP contribution in [0.5, 0.6) is 0 Å².